The molecular weight excluding hydrogens is 367 g/mol. The summed E-state index contributed by atoms with van der Waals surface area (Å²) in [5, 5.41) is 0. The minimum Gasteiger partial charge on any atom is -0.381 e. The summed E-state index contributed by atoms with van der Waals surface area (Å²) >= 11 is 0. The van der Waals surface area contributed by atoms with E-state index in [-0.39, 0.29) is 0 Å². The van der Waals surface area contributed by atoms with Gasteiger partial charge >= 0.3 is 6.18 Å². The van der Waals surface area contributed by atoms with Crippen LogP contribution in [-0.4, -0.2) is 74.4 Å². The second-order valence-electron chi connectivity index (χ2n) is 8.21. The fourth-order valence-corrected chi connectivity index (χ4v) is 4.89. The molecule has 3 aliphatic rings. The smallest absolute Gasteiger partial charge is 0.381 e. The number of piperidine rings is 1. The normalized spacial score (nSPS) is 26.5. The van der Waals surface area contributed by atoms with Crippen molar-refractivity contribution in [2.24, 2.45) is 0 Å². The third-order valence-corrected chi connectivity index (χ3v) is 6.50. The zero-order chi connectivity index (χ0) is 19.6. The van der Waals surface area contributed by atoms with Gasteiger partial charge in [0.2, 0.25) is 0 Å². The molecule has 0 N–H and O–H groups in total. The van der Waals surface area contributed by atoms with Gasteiger partial charge in [-0.2, -0.15) is 13.2 Å². The largest absolute Gasteiger partial charge is 0.416 e. The summed E-state index contributed by atoms with van der Waals surface area (Å²) in [6, 6.07) is 6.95. The molecule has 0 radical (unpaired) electrons. The van der Waals surface area contributed by atoms with Crippen LogP contribution in [0, 0.1) is 0 Å². The molecule has 0 aliphatic carbocycles. The maximum Gasteiger partial charge on any atom is 0.416 e. The number of piperazine rings is 1. The zero-order valence-corrected chi connectivity index (χ0v) is 16.3. The van der Waals surface area contributed by atoms with E-state index in [0.29, 0.717) is 17.8 Å². The molecule has 0 bridgehead atoms. The van der Waals surface area contributed by atoms with Crippen LogP contribution in [0.25, 0.3) is 0 Å². The van der Waals surface area contributed by atoms with E-state index in [1.54, 1.807) is 6.07 Å². The Morgan fingerprint density at radius 3 is 2.32 bits per heavy atom. The SMILES string of the molecule is FC(F)(F)c1cccc(N2CCN([C@@H]3CCCN(C4CCOCC4)C3)CC2)c1. The number of halogens is 3. The molecule has 4 nitrogen and oxygen atoms in total. The van der Waals surface area contributed by atoms with Crippen LogP contribution >= 0.6 is 0 Å². The van der Waals surface area contributed by atoms with Crippen LogP contribution in [0.1, 0.15) is 31.2 Å². The maximum absolute atomic E-state index is 13.0. The molecule has 3 saturated heterocycles. The molecule has 1 aromatic rings. The highest BCUT2D eigenvalue weighted by Gasteiger charge is 2.33. The lowest BCUT2D eigenvalue weighted by atomic mass is 9.98. The van der Waals surface area contributed by atoms with Gasteiger partial charge in [-0.05, 0) is 50.4 Å². The summed E-state index contributed by atoms with van der Waals surface area (Å²) in [5.74, 6) is 0. The Morgan fingerprint density at radius 1 is 0.857 bits per heavy atom. The monoisotopic (exact) mass is 397 g/mol. The number of rotatable bonds is 3. The lowest BCUT2D eigenvalue weighted by molar-refractivity contribution is -0.137. The van der Waals surface area contributed by atoms with Crippen molar-refractivity contribution in [1.82, 2.24) is 9.80 Å². The molecule has 3 heterocycles. The Kier molecular flexibility index (Phi) is 6.13. The predicted octanol–water partition coefficient (Wildman–Crippen LogP) is 3.47. The third kappa shape index (κ3) is 4.63. The van der Waals surface area contributed by atoms with Gasteiger partial charge in [0.15, 0.2) is 0 Å². The summed E-state index contributed by atoms with van der Waals surface area (Å²) in [4.78, 5) is 7.29. The number of nitrogens with zero attached hydrogens (tertiary/aromatic N) is 3. The average molecular weight is 397 g/mol. The molecule has 0 spiro atoms. The number of hydrogen-bond acceptors (Lipinski definition) is 4. The molecule has 28 heavy (non-hydrogen) atoms. The average Bonchev–Trinajstić information content (AvgIpc) is 2.74. The molecule has 1 aromatic carbocycles. The minimum absolute atomic E-state index is 0.563. The van der Waals surface area contributed by atoms with Crippen LogP contribution in [0.4, 0.5) is 18.9 Å². The minimum atomic E-state index is -4.28. The van der Waals surface area contributed by atoms with Crippen molar-refractivity contribution in [1.29, 1.82) is 0 Å². The molecule has 0 amide bonds. The lowest BCUT2D eigenvalue weighted by Crippen LogP contribution is -2.56. The van der Waals surface area contributed by atoms with E-state index in [1.807, 2.05) is 0 Å². The highest BCUT2D eigenvalue weighted by molar-refractivity contribution is 5.49. The van der Waals surface area contributed by atoms with E-state index in [2.05, 4.69) is 14.7 Å². The summed E-state index contributed by atoms with van der Waals surface area (Å²) in [6.45, 7) is 7.47. The van der Waals surface area contributed by atoms with Gasteiger partial charge in [-0.3, -0.25) is 9.80 Å². The molecule has 156 valence electrons. The topological polar surface area (TPSA) is 19.0 Å². The standard InChI is InChI=1S/C21H30F3N3O/c22-21(23,24)17-3-1-4-19(15-17)25-9-11-26(12-10-25)20-5-2-8-27(16-20)18-6-13-28-14-7-18/h1,3-4,15,18,20H,2,5-14,16H2/t20-/m1/s1. The highest BCUT2D eigenvalue weighted by atomic mass is 19.4. The Bertz CT molecular complexity index is 640. The van der Waals surface area contributed by atoms with Crippen molar-refractivity contribution >= 4 is 5.69 Å². The second-order valence-corrected chi connectivity index (χ2v) is 8.21. The van der Waals surface area contributed by atoms with Crippen molar-refractivity contribution in [2.45, 2.75) is 43.9 Å². The fourth-order valence-electron chi connectivity index (χ4n) is 4.89. The van der Waals surface area contributed by atoms with Crippen molar-refractivity contribution in [3.8, 4) is 0 Å². The molecule has 7 heteroatoms. The van der Waals surface area contributed by atoms with Gasteiger partial charge < -0.3 is 9.64 Å². The highest BCUT2D eigenvalue weighted by Crippen LogP contribution is 2.32. The van der Waals surface area contributed by atoms with Crippen molar-refractivity contribution in [3.63, 3.8) is 0 Å². The Balaban J connectivity index is 1.32. The van der Waals surface area contributed by atoms with Gasteiger partial charge in [0.1, 0.15) is 0 Å². The first-order valence-electron chi connectivity index (χ1n) is 10.5. The summed E-state index contributed by atoms with van der Waals surface area (Å²) in [5.41, 5.74) is 0.119. The molecule has 0 aromatic heterocycles. The van der Waals surface area contributed by atoms with E-state index < -0.39 is 11.7 Å². The summed E-state index contributed by atoms with van der Waals surface area (Å²) < 4.78 is 44.5. The maximum atomic E-state index is 13.0. The van der Waals surface area contributed by atoms with Crippen LogP contribution in [0.5, 0.6) is 0 Å². The first-order valence-corrected chi connectivity index (χ1v) is 10.5. The number of benzene rings is 1. The van der Waals surface area contributed by atoms with E-state index in [9.17, 15) is 13.2 Å². The van der Waals surface area contributed by atoms with Crippen LogP contribution in [0.3, 0.4) is 0 Å². The third-order valence-electron chi connectivity index (χ3n) is 6.50. The van der Waals surface area contributed by atoms with Gasteiger partial charge in [-0.15, -0.1) is 0 Å². The zero-order valence-electron chi connectivity index (χ0n) is 16.3. The quantitative estimate of drug-likeness (QED) is 0.777. The van der Waals surface area contributed by atoms with Crippen LogP contribution < -0.4 is 4.90 Å². The first kappa shape index (κ1) is 20.0. The van der Waals surface area contributed by atoms with E-state index in [0.717, 1.165) is 64.8 Å². The first-order chi connectivity index (χ1) is 13.5. The van der Waals surface area contributed by atoms with Crippen LogP contribution in [-0.2, 0) is 10.9 Å². The Hall–Kier alpha value is -1.31. The number of hydrogen-bond donors (Lipinski definition) is 0. The van der Waals surface area contributed by atoms with Gasteiger partial charge in [0.25, 0.3) is 0 Å². The molecule has 0 unspecified atom stereocenters. The Labute approximate surface area is 165 Å². The Morgan fingerprint density at radius 2 is 1.61 bits per heavy atom. The van der Waals surface area contributed by atoms with E-state index in [1.165, 1.54) is 31.5 Å². The number of likely N-dealkylation sites (tertiary alicyclic amines) is 1. The summed E-state index contributed by atoms with van der Waals surface area (Å²) in [7, 11) is 0. The van der Waals surface area contributed by atoms with Gasteiger partial charge in [-0.1, -0.05) is 6.07 Å². The second kappa shape index (κ2) is 8.59. The summed E-state index contributed by atoms with van der Waals surface area (Å²) in [6.07, 6.45) is 0.443. The number of ether oxygens (including phenoxy) is 1. The van der Waals surface area contributed by atoms with Crippen molar-refractivity contribution in [3.05, 3.63) is 29.8 Å². The number of alkyl halides is 3. The fraction of sp³-hybridized carbons (Fsp3) is 0.714. The molecule has 0 saturated carbocycles. The molecule has 4 rings (SSSR count). The van der Waals surface area contributed by atoms with Gasteiger partial charge in [-0.25, -0.2) is 0 Å². The lowest BCUT2D eigenvalue weighted by Gasteiger charge is -2.46. The van der Waals surface area contributed by atoms with E-state index in [4.69, 9.17) is 4.74 Å². The van der Waals surface area contributed by atoms with Gasteiger partial charge in [0.05, 0.1) is 5.56 Å². The van der Waals surface area contributed by atoms with Crippen molar-refractivity contribution < 1.29 is 17.9 Å². The van der Waals surface area contributed by atoms with Crippen LogP contribution in [0.15, 0.2) is 24.3 Å². The predicted molar refractivity (Wildman–Crippen MR) is 104 cm³/mol. The molecule has 1 atom stereocenters. The molecule has 3 aliphatic heterocycles. The van der Waals surface area contributed by atoms with Crippen LogP contribution in [0.2, 0.25) is 0 Å². The van der Waals surface area contributed by atoms with Crippen molar-refractivity contribution in [2.75, 3.05) is 57.4 Å². The molecular formula is C21H30F3N3O. The van der Waals surface area contributed by atoms with Gasteiger partial charge in [0, 0.05) is 63.7 Å². The number of anilines is 1. The van der Waals surface area contributed by atoms with E-state index >= 15 is 0 Å². The molecule has 3 fully saturated rings.